The third-order valence-electron chi connectivity index (χ3n) is 7.04. The topological polar surface area (TPSA) is 130 Å². The van der Waals surface area contributed by atoms with Crippen LogP contribution < -0.4 is 20.8 Å². The molecule has 0 bridgehead atoms. The average Bonchev–Trinajstić information content (AvgIpc) is 3.37. The summed E-state index contributed by atoms with van der Waals surface area (Å²) in [6.45, 7) is 3.92. The van der Waals surface area contributed by atoms with Gasteiger partial charge in [-0.25, -0.2) is 10.2 Å². The third kappa shape index (κ3) is 6.61. The fourth-order valence-corrected chi connectivity index (χ4v) is 5.34. The minimum atomic E-state index is -0.627. The van der Waals surface area contributed by atoms with Gasteiger partial charge in [0.25, 0.3) is 5.91 Å². The summed E-state index contributed by atoms with van der Waals surface area (Å²) in [5, 5.41) is 21.1. The first-order chi connectivity index (χ1) is 21.4. The molecule has 0 fully saturated rings. The Morgan fingerprint density at radius 2 is 1.86 bits per heavy atom. The molecule has 1 aliphatic rings. The van der Waals surface area contributed by atoms with Crippen molar-refractivity contribution in [2.24, 2.45) is 5.10 Å². The molecule has 3 aromatic carbocycles. The zero-order valence-corrected chi connectivity index (χ0v) is 25.0. The number of benzene rings is 3. The molecule has 0 saturated heterocycles. The molecule has 5 rings (SSSR count). The number of rotatable bonds is 10. The van der Waals surface area contributed by atoms with Crippen molar-refractivity contribution in [2.75, 3.05) is 13.2 Å². The highest BCUT2D eigenvalue weighted by Crippen LogP contribution is 2.33. The number of nitriles is 1. The van der Waals surface area contributed by atoms with Crippen molar-refractivity contribution in [3.63, 3.8) is 0 Å². The summed E-state index contributed by atoms with van der Waals surface area (Å²) in [7, 11) is 0. The van der Waals surface area contributed by atoms with Crippen LogP contribution in [0, 0.1) is 11.3 Å². The second-order valence-electron chi connectivity index (χ2n) is 9.91. The van der Waals surface area contributed by atoms with E-state index in [0.29, 0.717) is 39.8 Å². The Hall–Kier alpha value is -5.47. The van der Waals surface area contributed by atoms with E-state index in [4.69, 9.17) is 21.7 Å². The molecule has 222 valence electrons. The number of amides is 1. The molecule has 1 amide bonds. The van der Waals surface area contributed by atoms with Crippen LogP contribution in [-0.4, -0.2) is 41.0 Å². The lowest BCUT2D eigenvalue weighted by atomic mass is 9.95. The highest BCUT2D eigenvalue weighted by molar-refractivity contribution is 7.80. The normalized spacial score (nSPS) is 14.6. The van der Waals surface area contributed by atoms with E-state index >= 15 is 0 Å². The lowest BCUT2D eigenvalue weighted by molar-refractivity contribution is -0.139. The van der Waals surface area contributed by atoms with E-state index in [1.807, 2.05) is 54.7 Å². The smallest absolute Gasteiger partial charge is 0.338 e. The van der Waals surface area contributed by atoms with Gasteiger partial charge in [0.2, 0.25) is 0 Å². The molecule has 10 nitrogen and oxygen atoms in total. The minimum Gasteiger partial charge on any atom is -0.483 e. The third-order valence-corrected chi connectivity index (χ3v) is 7.26. The lowest BCUT2D eigenvalue weighted by Gasteiger charge is -2.30. The van der Waals surface area contributed by atoms with E-state index in [1.165, 1.54) is 0 Å². The van der Waals surface area contributed by atoms with Gasteiger partial charge >= 0.3 is 5.97 Å². The summed E-state index contributed by atoms with van der Waals surface area (Å²) in [5.41, 5.74) is 7.42. The van der Waals surface area contributed by atoms with E-state index in [1.54, 1.807) is 44.3 Å². The van der Waals surface area contributed by atoms with Crippen LogP contribution >= 0.6 is 12.2 Å². The minimum absolute atomic E-state index is 0.223. The van der Waals surface area contributed by atoms with Gasteiger partial charge in [-0.3, -0.25) is 4.79 Å². The van der Waals surface area contributed by atoms with E-state index in [2.05, 4.69) is 31.8 Å². The van der Waals surface area contributed by atoms with Crippen LogP contribution in [0.3, 0.4) is 0 Å². The van der Waals surface area contributed by atoms with E-state index in [-0.39, 0.29) is 13.2 Å². The molecule has 1 aliphatic heterocycles. The first kappa shape index (κ1) is 30.0. The molecule has 1 aromatic heterocycles. The van der Waals surface area contributed by atoms with Gasteiger partial charge in [0.1, 0.15) is 5.75 Å². The van der Waals surface area contributed by atoms with Crippen molar-refractivity contribution in [1.82, 2.24) is 20.6 Å². The Labute approximate surface area is 260 Å². The number of carbonyl (C=O) groups is 2. The molecule has 1 atom stereocenters. The maximum absolute atomic E-state index is 12.8. The number of thiocarbonyl (C=S) groups is 1. The number of hydrazone groups is 1. The Morgan fingerprint density at radius 3 is 2.68 bits per heavy atom. The van der Waals surface area contributed by atoms with Crippen LogP contribution in [0.15, 0.2) is 95.4 Å². The molecule has 44 heavy (non-hydrogen) atoms. The number of hydrogen-bond acceptors (Lipinski definition) is 7. The molecule has 11 heteroatoms. The van der Waals surface area contributed by atoms with Crippen LogP contribution in [0.25, 0.3) is 10.9 Å². The molecule has 4 aromatic rings. The highest BCUT2D eigenvalue weighted by atomic mass is 32.1. The van der Waals surface area contributed by atoms with Crippen LogP contribution in [0.4, 0.5) is 0 Å². The molecule has 0 unspecified atom stereocenters. The quantitative estimate of drug-likeness (QED) is 0.105. The van der Waals surface area contributed by atoms with E-state index in [9.17, 15) is 14.9 Å². The fraction of sp³-hybridized carbons (Fsp3) is 0.182. The summed E-state index contributed by atoms with van der Waals surface area (Å²) >= 11 is 5.33. The van der Waals surface area contributed by atoms with Crippen LogP contribution in [0.1, 0.15) is 42.1 Å². The standard InChI is InChI=1S/C33H30N6O4S/c1-3-42-32(41)30-21(2)36-33(44)37-31(30)26-13-7-9-15-28(26)43-20-29(40)38-35-17-24-19-39(27-14-8-6-12-25(24)27)18-23-11-5-4-10-22(23)16-34/h4-15,17,19,31H,3,18,20H2,1-2H3,(H,38,40)(H2,36,37,44)/t31-/m1/s1. The van der Waals surface area contributed by atoms with Gasteiger partial charge in [-0.2, -0.15) is 10.4 Å². The maximum atomic E-state index is 12.8. The van der Waals surface area contributed by atoms with Crippen molar-refractivity contribution in [1.29, 1.82) is 5.26 Å². The number of hydrogen-bond donors (Lipinski definition) is 3. The summed E-state index contributed by atoms with van der Waals surface area (Å²) in [4.78, 5) is 25.5. The van der Waals surface area contributed by atoms with E-state index in [0.717, 1.165) is 22.0 Å². The number of aromatic nitrogens is 1. The van der Waals surface area contributed by atoms with Crippen molar-refractivity contribution < 1.29 is 19.1 Å². The SMILES string of the molecule is CCOC(=O)C1=C(C)NC(=S)N[C@@H]1c1ccccc1OCC(=O)NN=Cc1cn(Cc2ccccc2C#N)c2ccccc12. The summed E-state index contributed by atoms with van der Waals surface area (Å²) in [5.74, 6) is -0.534. The predicted molar refractivity (Wildman–Crippen MR) is 171 cm³/mol. The fourth-order valence-electron chi connectivity index (χ4n) is 5.07. The largest absolute Gasteiger partial charge is 0.483 e. The molecular weight excluding hydrogens is 576 g/mol. The van der Waals surface area contributed by atoms with Crippen molar-refractivity contribution >= 4 is 46.3 Å². The summed E-state index contributed by atoms with van der Waals surface area (Å²) in [6.07, 6.45) is 3.52. The van der Waals surface area contributed by atoms with Gasteiger partial charge in [0.15, 0.2) is 11.7 Å². The van der Waals surface area contributed by atoms with Gasteiger partial charge in [0.05, 0.1) is 36.1 Å². The maximum Gasteiger partial charge on any atom is 0.338 e. The number of nitrogens with one attached hydrogen (secondary N) is 3. The van der Waals surface area contributed by atoms with Crippen LogP contribution in [-0.2, 0) is 20.9 Å². The van der Waals surface area contributed by atoms with Crippen molar-refractivity contribution in [3.8, 4) is 11.8 Å². The first-order valence-electron chi connectivity index (χ1n) is 13.9. The Bertz CT molecular complexity index is 1840. The van der Waals surface area contributed by atoms with Gasteiger partial charge in [-0.15, -0.1) is 0 Å². The number of fused-ring (bicyclic) bond motifs is 1. The summed E-state index contributed by atoms with van der Waals surface area (Å²) in [6, 6.07) is 24.1. The van der Waals surface area contributed by atoms with Crippen molar-refractivity contribution in [2.45, 2.75) is 26.4 Å². The number of para-hydroxylation sites is 2. The van der Waals surface area contributed by atoms with Gasteiger partial charge < -0.3 is 24.7 Å². The number of ether oxygens (including phenoxy) is 2. The Morgan fingerprint density at radius 1 is 1.11 bits per heavy atom. The average molecular weight is 607 g/mol. The predicted octanol–water partition coefficient (Wildman–Crippen LogP) is 4.45. The zero-order chi connectivity index (χ0) is 31.1. The van der Waals surface area contributed by atoms with Gasteiger partial charge in [-0.1, -0.05) is 54.6 Å². The summed E-state index contributed by atoms with van der Waals surface area (Å²) < 4.78 is 13.2. The molecule has 0 aliphatic carbocycles. The molecular formula is C33H30N6O4S. The second-order valence-corrected chi connectivity index (χ2v) is 10.3. The number of esters is 1. The van der Waals surface area contributed by atoms with Gasteiger partial charge in [-0.05, 0) is 49.8 Å². The zero-order valence-electron chi connectivity index (χ0n) is 24.2. The molecule has 3 N–H and O–H groups in total. The Balaban J connectivity index is 1.28. The number of allylic oxidation sites excluding steroid dienone is 1. The molecule has 0 saturated carbocycles. The first-order valence-corrected chi connectivity index (χ1v) is 14.3. The van der Waals surface area contributed by atoms with E-state index < -0.39 is 17.9 Å². The van der Waals surface area contributed by atoms with Gasteiger partial charge in [0, 0.05) is 40.5 Å². The molecule has 0 spiro atoms. The highest BCUT2D eigenvalue weighted by Gasteiger charge is 2.32. The lowest BCUT2D eigenvalue weighted by Crippen LogP contribution is -2.45. The Kier molecular flexibility index (Phi) is 9.32. The van der Waals surface area contributed by atoms with Crippen molar-refractivity contribution in [3.05, 3.63) is 113 Å². The molecule has 0 radical (unpaired) electrons. The molecule has 2 heterocycles. The second kappa shape index (κ2) is 13.7. The number of carbonyl (C=O) groups excluding carboxylic acids is 2. The van der Waals surface area contributed by atoms with Crippen LogP contribution in [0.5, 0.6) is 5.75 Å². The monoisotopic (exact) mass is 606 g/mol. The number of nitrogens with zero attached hydrogens (tertiary/aromatic N) is 3. The van der Waals surface area contributed by atoms with Crippen LogP contribution in [0.2, 0.25) is 0 Å².